The number of hydrogen-bond donors (Lipinski definition) is 1. The zero-order chi connectivity index (χ0) is 13.7. The summed E-state index contributed by atoms with van der Waals surface area (Å²) < 4.78 is 2.16. The van der Waals surface area contributed by atoms with Crippen LogP contribution in [0.3, 0.4) is 0 Å². The number of carboxylic acids is 1. The Bertz CT molecular complexity index is 583. The molecule has 0 saturated carbocycles. The van der Waals surface area contributed by atoms with E-state index in [4.69, 9.17) is 5.11 Å². The second-order valence-corrected chi connectivity index (χ2v) is 4.72. The molecule has 0 spiro atoms. The van der Waals surface area contributed by atoms with E-state index >= 15 is 0 Å². The third-order valence-corrected chi connectivity index (χ3v) is 3.27. The second kappa shape index (κ2) is 6.23. The summed E-state index contributed by atoms with van der Waals surface area (Å²) in [4.78, 5) is 10.9. The minimum Gasteiger partial charge on any atom is -0.481 e. The van der Waals surface area contributed by atoms with E-state index < -0.39 is 5.97 Å². The smallest absolute Gasteiger partial charge is 0.307 e. The minimum absolute atomic E-state index is 0.0835. The van der Waals surface area contributed by atoms with Gasteiger partial charge in [0.2, 0.25) is 0 Å². The van der Waals surface area contributed by atoms with Crippen molar-refractivity contribution in [1.82, 2.24) is 4.57 Å². The predicted molar refractivity (Wildman–Crippen MR) is 77.3 cm³/mol. The molecule has 0 aliphatic rings. The van der Waals surface area contributed by atoms with E-state index in [-0.39, 0.29) is 6.42 Å². The molecule has 0 atom stereocenters. The Kier molecular flexibility index (Phi) is 4.39. The van der Waals surface area contributed by atoms with Crippen LogP contribution in [-0.2, 0) is 17.8 Å². The molecule has 0 aliphatic heterocycles. The van der Waals surface area contributed by atoms with Crippen molar-refractivity contribution in [1.29, 1.82) is 0 Å². The molecular weight excluding hydrogens is 238 g/mol. The van der Waals surface area contributed by atoms with Crippen molar-refractivity contribution in [2.24, 2.45) is 0 Å². The normalized spacial score (nSPS) is 10.7. The number of aliphatic carboxylic acids is 1. The summed E-state index contributed by atoms with van der Waals surface area (Å²) in [6.07, 6.45) is 7.22. The number of rotatable bonds is 7. The number of aryl methyl sites for hydroxylation is 1. The molecule has 0 saturated heterocycles. The highest BCUT2D eigenvalue weighted by molar-refractivity contribution is 5.87. The Morgan fingerprint density at radius 1 is 1.32 bits per heavy atom. The zero-order valence-corrected chi connectivity index (χ0v) is 11.0. The average Bonchev–Trinajstić information content (AvgIpc) is 2.73. The van der Waals surface area contributed by atoms with Crippen LogP contribution < -0.4 is 0 Å². The molecule has 100 valence electrons. The molecular formula is C16H19NO2. The fraction of sp³-hybridized carbons (Fsp3) is 0.312. The van der Waals surface area contributed by atoms with Gasteiger partial charge in [-0.2, -0.15) is 0 Å². The molecule has 19 heavy (non-hydrogen) atoms. The number of carbonyl (C=O) groups is 1. The van der Waals surface area contributed by atoms with Crippen LogP contribution in [0.5, 0.6) is 0 Å². The summed E-state index contributed by atoms with van der Waals surface area (Å²) in [5, 5.41) is 10.0. The van der Waals surface area contributed by atoms with Crippen molar-refractivity contribution in [3.8, 4) is 0 Å². The topological polar surface area (TPSA) is 42.2 Å². The second-order valence-electron chi connectivity index (χ2n) is 4.72. The van der Waals surface area contributed by atoms with Crippen molar-refractivity contribution in [3.63, 3.8) is 0 Å². The summed E-state index contributed by atoms with van der Waals surface area (Å²) in [6, 6.07) is 7.99. The predicted octanol–water partition coefficient (Wildman–Crippen LogP) is 3.62. The maximum atomic E-state index is 10.9. The molecule has 0 amide bonds. The van der Waals surface area contributed by atoms with Gasteiger partial charge < -0.3 is 9.67 Å². The van der Waals surface area contributed by atoms with Gasteiger partial charge in [0.1, 0.15) is 0 Å². The van der Waals surface area contributed by atoms with Crippen LogP contribution in [-0.4, -0.2) is 15.6 Å². The maximum absolute atomic E-state index is 10.9. The van der Waals surface area contributed by atoms with E-state index in [0.717, 1.165) is 42.3 Å². The molecule has 0 bridgehead atoms. The van der Waals surface area contributed by atoms with Gasteiger partial charge in [-0.15, -0.1) is 6.58 Å². The van der Waals surface area contributed by atoms with Gasteiger partial charge in [0.05, 0.1) is 6.42 Å². The number of para-hydroxylation sites is 1. The van der Waals surface area contributed by atoms with Crippen LogP contribution in [0.15, 0.2) is 43.1 Å². The monoisotopic (exact) mass is 257 g/mol. The lowest BCUT2D eigenvalue weighted by molar-refractivity contribution is -0.136. The minimum atomic E-state index is -0.783. The Balaban J connectivity index is 2.22. The molecule has 1 heterocycles. The summed E-state index contributed by atoms with van der Waals surface area (Å²) in [5.41, 5.74) is 2.02. The maximum Gasteiger partial charge on any atom is 0.307 e. The van der Waals surface area contributed by atoms with Crippen LogP contribution in [0.1, 0.15) is 24.8 Å². The molecule has 1 aromatic heterocycles. The van der Waals surface area contributed by atoms with Crippen molar-refractivity contribution in [2.45, 2.75) is 32.2 Å². The number of unbranched alkanes of at least 4 members (excludes halogenated alkanes) is 2. The van der Waals surface area contributed by atoms with Crippen LogP contribution >= 0.6 is 0 Å². The standard InChI is InChI=1S/C16H19NO2/c1-2-3-4-7-10-17-12-13(11-16(18)19)14-8-5-6-9-15(14)17/h2,5-6,8-9,12H,1,3-4,7,10-11H2,(H,18,19). The molecule has 1 aromatic carbocycles. The van der Waals surface area contributed by atoms with E-state index in [1.807, 2.05) is 36.5 Å². The lowest BCUT2D eigenvalue weighted by Crippen LogP contribution is -1.99. The first-order chi connectivity index (χ1) is 9.22. The molecule has 0 radical (unpaired) electrons. The van der Waals surface area contributed by atoms with Crippen LogP contribution in [0.2, 0.25) is 0 Å². The first kappa shape index (κ1) is 13.4. The van der Waals surface area contributed by atoms with Crippen LogP contribution in [0.25, 0.3) is 10.9 Å². The number of nitrogens with zero attached hydrogens (tertiary/aromatic N) is 1. The van der Waals surface area contributed by atoms with Gasteiger partial charge >= 0.3 is 5.97 Å². The summed E-state index contributed by atoms with van der Waals surface area (Å²) >= 11 is 0. The zero-order valence-electron chi connectivity index (χ0n) is 11.0. The highest BCUT2D eigenvalue weighted by atomic mass is 16.4. The van der Waals surface area contributed by atoms with E-state index in [1.165, 1.54) is 0 Å². The van der Waals surface area contributed by atoms with Gasteiger partial charge in [0.25, 0.3) is 0 Å². The molecule has 0 aliphatic carbocycles. The fourth-order valence-corrected chi connectivity index (χ4v) is 2.38. The van der Waals surface area contributed by atoms with E-state index in [1.54, 1.807) is 0 Å². The van der Waals surface area contributed by atoms with Crippen molar-refractivity contribution < 1.29 is 9.90 Å². The first-order valence-electron chi connectivity index (χ1n) is 6.62. The van der Waals surface area contributed by atoms with Crippen molar-refractivity contribution in [2.75, 3.05) is 0 Å². The lowest BCUT2D eigenvalue weighted by Gasteiger charge is -2.04. The molecule has 2 aromatic rings. The number of allylic oxidation sites excluding steroid dienone is 1. The van der Waals surface area contributed by atoms with Crippen LogP contribution in [0, 0.1) is 0 Å². The van der Waals surface area contributed by atoms with E-state index in [9.17, 15) is 4.79 Å². The van der Waals surface area contributed by atoms with Gasteiger partial charge in [-0.1, -0.05) is 24.3 Å². The summed E-state index contributed by atoms with van der Waals surface area (Å²) in [7, 11) is 0. The van der Waals surface area contributed by atoms with Crippen molar-refractivity contribution in [3.05, 3.63) is 48.7 Å². The third-order valence-electron chi connectivity index (χ3n) is 3.27. The highest BCUT2D eigenvalue weighted by Gasteiger charge is 2.10. The van der Waals surface area contributed by atoms with Crippen molar-refractivity contribution >= 4 is 16.9 Å². The number of carboxylic acid groups (broad SMARTS) is 1. The Hall–Kier alpha value is -2.03. The fourth-order valence-electron chi connectivity index (χ4n) is 2.38. The molecule has 0 fully saturated rings. The van der Waals surface area contributed by atoms with Gasteiger partial charge in [0, 0.05) is 23.6 Å². The van der Waals surface area contributed by atoms with Gasteiger partial charge in [0.15, 0.2) is 0 Å². The molecule has 2 rings (SSSR count). The molecule has 3 heteroatoms. The first-order valence-corrected chi connectivity index (χ1v) is 6.62. The third kappa shape index (κ3) is 3.25. The molecule has 3 nitrogen and oxygen atoms in total. The quantitative estimate of drug-likeness (QED) is 0.608. The Morgan fingerprint density at radius 2 is 2.11 bits per heavy atom. The Labute approximate surface area is 113 Å². The number of benzene rings is 1. The largest absolute Gasteiger partial charge is 0.481 e. The highest BCUT2D eigenvalue weighted by Crippen LogP contribution is 2.22. The number of aromatic nitrogens is 1. The van der Waals surface area contributed by atoms with Gasteiger partial charge in [-0.05, 0) is 30.9 Å². The number of fused-ring (bicyclic) bond motifs is 1. The summed E-state index contributed by atoms with van der Waals surface area (Å²) in [5.74, 6) is -0.783. The molecule has 0 unspecified atom stereocenters. The van der Waals surface area contributed by atoms with E-state index in [2.05, 4.69) is 11.1 Å². The van der Waals surface area contributed by atoms with Gasteiger partial charge in [-0.3, -0.25) is 4.79 Å². The van der Waals surface area contributed by atoms with E-state index in [0.29, 0.717) is 0 Å². The summed E-state index contributed by atoms with van der Waals surface area (Å²) in [6.45, 7) is 4.64. The Morgan fingerprint density at radius 3 is 2.84 bits per heavy atom. The van der Waals surface area contributed by atoms with Gasteiger partial charge in [-0.25, -0.2) is 0 Å². The average molecular weight is 257 g/mol. The molecule has 1 N–H and O–H groups in total. The number of hydrogen-bond acceptors (Lipinski definition) is 1. The van der Waals surface area contributed by atoms with Crippen LogP contribution in [0.4, 0.5) is 0 Å². The lowest BCUT2D eigenvalue weighted by atomic mass is 10.1. The SMILES string of the molecule is C=CCCCCn1cc(CC(=O)O)c2ccccc21.